The van der Waals surface area contributed by atoms with Crippen LogP contribution in [0.25, 0.3) is 0 Å². The molecule has 0 amide bonds. The highest BCUT2D eigenvalue weighted by atomic mass is 127. The molecule has 0 aliphatic carbocycles. The van der Waals surface area contributed by atoms with Crippen molar-refractivity contribution in [1.82, 2.24) is 0 Å². The molecule has 12 heavy (non-hydrogen) atoms. The predicted octanol–water partition coefficient (Wildman–Crippen LogP) is -0.241. The van der Waals surface area contributed by atoms with E-state index >= 15 is 0 Å². The van der Waals surface area contributed by atoms with Gasteiger partial charge in [0.25, 0.3) is 0 Å². The standard InChI is InChI=1S/C8H6F3I/c9-8(10,11)7-3-1-6(5-12)2-4-7/h1-4H,5H2/q-1. The summed E-state index contributed by atoms with van der Waals surface area (Å²) in [5.41, 5.74) is 0.319. The van der Waals surface area contributed by atoms with Crippen molar-refractivity contribution in [3.8, 4) is 0 Å². The van der Waals surface area contributed by atoms with Gasteiger partial charge in [0.2, 0.25) is 0 Å². The lowest BCUT2D eigenvalue weighted by Gasteiger charge is -2.08. The number of alkyl halides is 4. The third-order valence-electron chi connectivity index (χ3n) is 1.44. The van der Waals surface area contributed by atoms with E-state index in [1.54, 1.807) is 0 Å². The predicted molar refractivity (Wildman–Crippen MR) is 35.1 cm³/mol. The van der Waals surface area contributed by atoms with Gasteiger partial charge in [-0.2, -0.15) is 13.2 Å². The molecule has 67 valence electrons. The summed E-state index contributed by atoms with van der Waals surface area (Å²) >= 11 is 2.10. The summed E-state index contributed by atoms with van der Waals surface area (Å²) in [4.78, 5) is 0. The molecule has 0 spiro atoms. The first-order valence-corrected chi connectivity index (χ1v) is 4.78. The zero-order valence-corrected chi connectivity index (χ0v) is 8.19. The van der Waals surface area contributed by atoms with Crippen molar-refractivity contribution in [2.45, 2.75) is 10.6 Å². The van der Waals surface area contributed by atoms with Crippen molar-refractivity contribution in [1.29, 1.82) is 0 Å². The summed E-state index contributed by atoms with van der Waals surface area (Å²) in [6.07, 6.45) is -4.22. The Hall–Kier alpha value is -0.260. The van der Waals surface area contributed by atoms with Crippen LogP contribution in [0, 0.1) is 0 Å². The van der Waals surface area contributed by atoms with Crippen molar-refractivity contribution in [3.63, 3.8) is 0 Å². The van der Waals surface area contributed by atoms with Gasteiger partial charge in [-0.1, -0.05) is 17.7 Å². The maximum atomic E-state index is 12.0. The van der Waals surface area contributed by atoms with Crippen LogP contribution in [-0.4, -0.2) is 0 Å². The first-order valence-electron chi connectivity index (χ1n) is 3.26. The fraction of sp³-hybridized carbons (Fsp3) is 0.250. The lowest BCUT2D eigenvalue weighted by atomic mass is 10.1. The van der Waals surface area contributed by atoms with Gasteiger partial charge in [-0.15, -0.1) is 4.43 Å². The van der Waals surface area contributed by atoms with Gasteiger partial charge in [0.15, 0.2) is 0 Å². The van der Waals surface area contributed by atoms with E-state index < -0.39 is 11.7 Å². The topological polar surface area (TPSA) is 0 Å². The Morgan fingerprint density at radius 3 is 1.92 bits per heavy atom. The third-order valence-corrected chi connectivity index (χ3v) is 2.32. The first-order chi connectivity index (χ1) is 5.54. The molecule has 0 unspecified atom stereocenters. The molecule has 0 saturated carbocycles. The Labute approximate surface area is 81.9 Å². The molecule has 0 aromatic heterocycles. The minimum atomic E-state index is -4.22. The highest BCUT2D eigenvalue weighted by Gasteiger charge is 2.29. The van der Waals surface area contributed by atoms with Crippen LogP contribution in [0.2, 0.25) is 0 Å². The largest absolute Gasteiger partial charge is 0.792 e. The van der Waals surface area contributed by atoms with Crippen LogP contribution < -0.4 is 22.6 Å². The van der Waals surface area contributed by atoms with Crippen molar-refractivity contribution in [3.05, 3.63) is 35.4 Å². The van der Waals surface area contributed by atoms with Crippen LogP contribution in [0.3, 0.4) is 0 Å². The van der Waals surface area contributed by atoms with E-state index in [1.165, 1.54) is 12.1 Å². The Morgan fingerprint density at radius 1 is 1.08 bits per heavy atom. The molecule has 0 aliphatic rings. The highest BCUT2D eigenvalue weighted by molar-refractivity contribution is 5.23. The van der Waals surface area contributed by atoms with E-state index in [-0.39, 0.29) is 0 Å². The normalized spacial score (nSPS) is 11.7. The highest BCUT2D eigenvalue weighted by Crippen LogP contribution is 2.28. The second-order valence-electron chi connectivity index (χ2n) is 2.33. The molecular formula is C8H6F3I-. The van der Waals surface area contributed by atoms with E-state index in [0.29, 0.717) is 0 Å². The Morgan fingerprint density at radius 2 is 1.58 bits per heavy atom. The molecule has 1 aromatic rings. The average molecular weight is 286 g/mol. The fourth-order valence-electron chi connectivity index (χ4n) is 0.783. The summed E-state index contributed by atoms with van der Waals surface area (Å²) < 4.78 is 36.8. The van der Waals surface area contributed by atoms with E-state index in [1.807, 2.05) is 0 Å². The van der Waals surface area contributed by atoms with Crippen molar-refractivity contribution < 1.29 is 35.8 Å². The van der Waals surface area contributed by atoms with Gasteiger partial charge in [-0.25, -0.2) is 0 Å². The Bertz CT molecular complexity index is 250. The van der Waals surface area contributed by atoms with Gasteiger partial charge in [0.1, 0.15) is 0 Å². The summed E-state index contributed by atoms with van der Waals surface area (Å²) in [6, 6.07) is 5.20. The van der Waals surface area contributed by atoms with E-state index in [9.17, 15) is 13.2 Å². The number of hydrogen-bond acceptors (Lipinski definition) is 0. The quantitative estimate of drug-likeness (QED) is 0.494. The van der Waals surface area contributed by atoms with Crippen LogP contribution in [0.4, 0.5) is 13.2 Å². The summed E-state index contributed by atoms with van der Waals surface area (Å²) in [6.45, 7) is 0. The minimum absolute atomic E-state index is 0.587. The second-order valence-corrected chi connectivity index (χ2v) is 3.09. The van der Waals surface area contributed by atoms with Crippen LogP contribution in [0.5, 0.6) is 0 Å². The zero-order chi connectivity index (χ0) is 9.19. The smallest absolute Gasteiger partial charge is 0.416 e. The van der Waals surface area contributed by atoms with E-state index in [0.717, 1.165) is 22.1 Å². The van der Waals surface area contributed by atoms with Gasteiger partial charge in [0.05, 0.1) is 5.56 Å². The van der Waals surface area contributed by atoms with Crippen LogP contribution >= 0.6 is 0 Å². The molecule has 0 heterocycles. The molecule has 4 heteroatoms. The maximum Gasteiger partial charge on any atom is 0.416 e. The number of rotatable bonds is 1. The molecule has 0 N–H and O–H groups in total. The molecule has 1 aromatic carbocycles. The molecule has 0 fully saturated rings. The molecular weight excluding hydrogens is 280 g/mol. The first kappa shape index (κ1) is 9.83. The Balaban J connectivity index is 2.93. The van der Waals surface area contributed by atoms with Gasteiger partial charge in [-0.3, -0.25) is 0 Å². The SMILES string of the molecule is FC(F)(F)c1ccc(C[I-])cc1. The molecule has 0 nitrogen and oxygen atoms in total. The molecule has 1 radical (unpaired) electrons. The van der Waals surface area contributed by atoms with Crippen LogP contribution in [0.1, 0.15) is 11.1 Å². The molecule has 0 atom stereocenters. The van der Waals surface area contributed by atoms with Crippen LogP contribution in [0.15, 0.2) is 24.3 Å². The minimum Gasteiger partial charge on any atom is -0.792 e. The second kappa shape index (κ2) is 3.64. The summed E-state index contributed by atoms with van der Waals surface area (Å²) in [5.74, 6) is 0. The number of benzene rings is 1. The lowest BCUT2D eigenvalue weighted by Crippen LogP contribution is -3.33. The average Bonchev–Trinajstić information content (AvgIpc) is 2.03. The molecule has 0 bridgehead atoms. The van der Waals surface area contributed by atoms with Crippen LogP contribution in [-0.2, 0) is 10.6 Å². The zero-order valence-electron chi connectivity index (χ0n) is 6.03. The van der Waals surface area contributed by atoms with Gasteiger partial charge >= 0.3 is 6.18 Å². The monoisotopic (exact) mass is 286 g/mol. The van der Waals surface area contributed by atoms with Crippen molar-refractivity contribution in [2.75, 3.05) is 0 Å². The molecule has 0 saturated heterocycles. The number of halogens is 4. The van der Waals surface area contributed by atoms with Gasteiger partial charge in [0, 0.05) is 0 Å². The van der Waals surface area contributed by atoms with Gasteiger partial charge < -0.3 is 22.6 Å². The van der Waals surface area contributed by atoms with Crippen molar-refractivity contribution in [2.24, 2.45) is 0 Å². The number of hydrogen-bond donors (Lipinski definition) is 0. The van der Waals surface area contributed by atoms with E-state index in [2.05, 4.69) is 22.6 Å². The lowest BCUT2D eigenvalue weighted by molar-refractivity contribution is -0.386. The third kappa shape index (κ3) is 2.36. The summed E-state index contributed by atoms with van der Waals surface area (Å²) in [7, 11) is 0. The Kier molecular flexibility index (Phi) is 2.98. The maximum absolute atomic E-state index is 12.0. The van der Waals surface area contributed by atoms with Gasteiger partial charge in [-0.05, 0) is 12.1 Å². The van der Waals surface area contributed by atoms with E-state index in [4.69, 9.17) is 0 Å². The van der Waals surface area contributed by atoms with Crippen molar-refractivity contribution >= 4 is 0 Å². The fourth-order valence-corrected chi connectivity index (χ4v) is 1.29. The molecule has 0 aliphatic heterocycles. The molecule has 1 rings (SSSR count). The summed E-state index contributed by atoms with van der Waals surface area (Å²) in [5, 5.41) is 0.